The van der Waals surface area contributed by atoms with Crippen molar-refractivity contribution in [3.8, 4) is 16.9 Å². The maximum absolute atomic E-state index is 13.3. The van der Waals surface area contributed by atoms with Gasteiger partial charge in [0, 0.05) is 0 Å². The highest BCUT2D eigenvalue weighted by atomic mass is 19.4. The first-order valence-electron chi connectivity index (χ1n) is 6.86. The van der Waals surface area contributed by atoms with Crippen molar-refractivity contribution in [1.82, 2.24) is 0 Å². The molecule has 0 saturated heterocycles. The molecule has 0 aliphatic carbocycles. The van der Waals surface area contributed by atoms with Crippen molar-refractivity contribution < 1.29 is 31.1 Å². The lowest BCUT2D eigenvalue weighted by Gasteiger charge is -2.16. The van der Waals surface area contributed by atoms with Crippen molar-refractivity contribution in [2.24, 2.45) is 5.73 Å². The van der Waals surface area contributed by atoms with E-state index in [9.17, 15) is 26.3 Å². The summed E-state index contributed by atoms with van der Waals surface area (Å²) in [7, 11) is 0. The van der Waals surface area contributed by atoms with Crippen LogP contribution in [0.5, 0.6) is 5.75 Å². The van der Waals surface area contributed by atoms with Crippen LogP contribution in [0.4, 0.5) is 26.3 Å². The Bertz CT molecular complexity index is 708. The van der Waals surface area contributed by atoms with E-state index in [1.165, 1.54) is 24.3 Å². The molecule has 8 heteroatoms. The Kier molecular flexibility index (Phi) is 5.08. The van der Waals surface area contributed by atoms with Gasteiger partial charge in [-0.3, -0.25) is 0 Å². The van der Waals surface area contributed by atoms with Gasteiger partial charge in [0.15, 0.2) is 0 Å². The summed E-state index contributed by atoms with van der Waals surface area (Å²) in [5.74, 6) is -0.584. The minimum atomic E-state index is -4.92. The third-order valence-electron chi connectivity index (χ3n) is 3.20. The molecule has 0 aliphatic rings. The fraction of sp³-hybridized carbons (Fsp3) is 0.250. The molecular formula is C16H13F6NO. The van der Waals surface area contributed by atoms with Gasteiger partial charge in [0.05, 0.1) is 5.56 Å². The normalized spacial score (nSPS) is 12.3. The third kappa shape index (κ3) is 4.64. The number of hydrogen-bond donors (Lipinski definition) is 1. The average molecular weight is 349 g/mol. The molecule has 2 aromatic rings. The molecule has 0 unspecified atom stereocenters. The molecule has 2 aromatic carbocycles. The van der Waals surface area contributed by atoms with Crippen LogP contribution in [-0.4, -0.2) is 12.9 Å². The number of rotatable bonds is 4. The smallest absolute Gasteiger partial charge is 0.406 e. The van der Waals surface area contributed by atoms with Gasteiger partial charge in [-0.25, -0.2) is 0 Å². The van der Waals surface area contributed by atoms with Gasteiger partial charge >= 0.3 is 12.5 Å². The number of benzene rings is 2. The summed E-state index contributed by atoms with van der Waals surface area (Å²) in [6.07, 6.45) is -9.31. The zero-order chi connectivity index (χ0) is 18.0. The quantitative estimate of drug-likeness (QED) is 0.807. The van der Waals surface area contributed by atoms with E-state index in [0.717, 1.165) is 18.2 Å². The van der Waals surface area contributed by atoms with Gasteiger partial charge in [-0.2, -0.15) is 13.2 Å². The molecule has 0 amide bonds. The lowest BCUT2D eigenvalue weighted by Crippen LogP contribution is -2.17. The minimum absolute atomic E-state index is 0.0247. The molecule has 0 radical (unpaired) electrons. The maximum atomic E-state index is 13.3. The van der Waals surface area contributed by atoms with Gasteiger partial charge in [-0.1, -0.05) is 24.3 Å². The molecule has 0 aliphatic heterocycles. The van der Waals surface area contributed by atoms with Gasteiger partial charge in [0.25, 0.3) is 0 Å². The summed E-state index contributed by atoms with van der Waals surface area (Å²) < 4.78 is 80.4. The van der Waals surface area contributed by atoms with Crippen molar-refractivity contribution in [3.63, 3.8) is 0 Å². The molecule has 2 N–H and O–H groups in total. The molecule has 2 nitrogen and oxygen atoms in total. The van der Waals surface area contributed by atoms with E-state index < -0.39 is 23.9 Å². The zero-order valence-corrected chi connectivity index (χ0v) is 12.2. The molecule has 0 atom stereocenters. The Morgan fingerprint density at radius 3 is 2.21 bits per heavy atom. The lowest BCUT2D eigenvalue weighted by molar-refractivity contribution is -0.274. The monoisotopic (exact) mass is 349 g/mol. The van der Waals surface area contributed by atoms with Crippen molar-refractivity contribution in [1.29, 1.82) is 0 Å². The van der Waals surface area contributed by atoms with Crippen molar-refractivity contribution in [3.05, 3.63) is 53.6 Å². The molecule has 0 heterocycles. The van der Waals surface area contributed by atoms with E-state index in [1.54, 1.807) is 0 Å². The van der Waals surface area contributed by atoms with Gasteiger partial charge in [0.1, 0.15) is 5.75 Å². The van der Waals surface area contributed by atoms with Crippen LogP contribution in [0.1, 0.15) is 11.1 Å². The first kappa shape index (κ1) is 18.1. The lowest BCUT2D eigenvalue weighted by atomic mass is 9.96. The van der Waals surface area contributed by atoms with E-state index in [4.69, 9.17) is 5.73 Å². The third-order valence-corrected chi connectivity index (χ3v) is 3.20. The Balaban J connectivity index is 2.50. The minimum Gasteiger partial charge on any atom is -0.406 e. The van der Waals surface area contributed by atoms with Gasteiger partial charge in [-0.15, -0.1) is 13.2 Å². The fourth-order valence-electron chi connectivity index (χ4n) is 2.26. The highest BCUT2D eigenvalue weighted by molar-refractivity contribution is 5.70. The number of halogens is 6. The van der Waals surface area contributed by atoms with E-state index in [-0.39, 0.29) is 24.1 Å². The Morgan fingerprint density at radius 2 is 1.62 bits per heavy atom. The topological polar surface area (TPSA) is 35.2 Å². The highest BCUT2D eigenvalue weighted by Gasteiger charge is 2.34. The number of ether oxygens (including phenoxy) is 1. The highest BCUT2D eigenvalue weighted by Crippen LogP contribution is 2.39. The van der Waals surface area contributed by atoms with Crippen LogP contribution in [0.25, 0.3) is 11.1 Å². The molecule has 0 bridgehead atoms. The van der Waals surface area contributed by atoms with Crippen LogP contribution in [0, 0.1) is 0 Å². The predicted molar refractivity (Wildman–Crippen MR) is 76.3 cm³/mol. The van der Waals surface area contributed by atoms with Crippen LogP contribution in [0.2, 0.25) is 0 Å². The Labute approximate surface area is 133 Å². The van der Waals surface area contributed by atoms with Crippen LogP contribution >= 0.6 is 0 Å². The van der Waals surface area contributed by atoms with Crippen molar-refractivity contribution in [2.45, 2.75) is 19.0 Å². The largest absolute Gasteiger partial charge is 0.573 e. The summed E-state index contributed by atoms with van der Waals surface area (Å²) in [6.45, 7) is 0.186. The van der Waals surface area contributed by atoms with E-state index in [1.807, 2.05) is 0 Å². The number of nitrogens with two attached hydrogens (primary N) is 1. The molecule has 0 aromatic heterocycles. The first-order chi connectivity index (χ1) is 11.1. The molecule has 24 heavy (non-hydrogen) atoms. The molecule has 0 fully saturated rings. The molecular weight excluding hydrogens is 336 g/mol. The summed E-state index contributed by atoms with van der Waals surface area (Å²) in [5.41, 5.74) is 4.56. The van der Waals surface area contributed by atoms with E-state index >= 15 is 0 Å². The predicted octanol–water partition coefficient (Wildman–Crippen LogP) is 4.77. The summed E-state index contributed by atoms with van der Waals surface area (Å²) >= 11 is 0. The zero-order valence-electron chi connectivity index (χ0n) is 12.2. The first-order valence-corrected chi connectivity index (χ1v) is 6.86. The fourth-order valence-corrected chi connectivity index (χ4v) is 2.26. The maximum Gasteiger partial charge on any atom is 0.573 e. The van der Waals surface area contributed by atoms with Crippen LogP contribution in [-0.2, 0) is 12.6 Å². The van der Waals surface area contributed by atoms with E-state index in [2.05, 4.69) is 4.74 Å². The molecule has 130 valence electrons. The Morgan fingerprint density at radius 1 is 0.917 bits per heavy atom. The molecule has 0 spiro atoms. The summed E-state index contributed by atoms with van der Waals surface area (Å²) in [4.78, 5) is 0. The van der Waals surface area contributed by atoms with Gasteiger partial charge in [0.2, 0.25) is 0 Å². The van der Waals surface area contributed by atoms with E-state index in [0.29, 0.717) is 5.56 Å². The molecule has 2 rings (SSSR count). The second-order valence-electron chi connectivity index (χ2n) is 4.99. The number of alkyl halides is 6. The van der Waals surface area contributed by atoms with Crippen molar-refractivity contribution in [2.75, 3.05) is 6.54 Å². The Hall–Kier alpha value is -2.22. The average Bonchev–Trinajstić information content (AvgIpc) is 2.45. The van der Waals surface area contributed by atoms with Gasteiger partial charge in [-0.05, 0) is 47.9 Å². The van der Waals surface area contributed by atoms with Crippen LogP contribution in [0.3, 0.4) is 0 Å². The van der Waals surface area contributed by atoms with Crippen molar-refractivity contribution >= 4 is 0 Å². The van der Waals surface area contributed by atoms with Gasteiger partial charge < -0.3 is 10.5 Å². The van der Waals surface area contributed by atoms with Crippen LogP contribution in [0.15, 0.2) is 42.5 Å². The van der Waals surface area contributed by atoms with Crippen LogP contribution < -0.4 is 10.5 Å². The molecule has 0 saturated carbocycles. The second kappa shape index (κ2) is 6.72. The number of hydrogen-bond acceptors (Lipinski definition) is 2. The summed E-state index contributed by atoms with van der Waals surface area (Å²) in [5, 5.41) is 0. The SMILES string of the molecule is NCCc1ccc(-c2cccc(OC(F)(F)F)c2)c(C(F)(F)F)c1. The second-order valence-corrected chi connectivity index (χ2v) is 4.99. The standard InChI is InChI=1S/C16H13F6NO/c17-15(18,19)14-8-10(6-7-23)4-5-13(14)11-2-1-3-12(9-11)24-16(20,21)22/h1-5,8-9H,6-7,23H2. The summed E-state index contributed by atoms with van der Waals surface area (Å²) in [6, 6.07) is 8.07.